The first kappa shape index (κ1) is 13.6. The number of aromatic nitrogens is 3. The van der Waals surface area contributed by atoms with E-state index in [1.165, 1.54) is 18.7 Å². The highest BCUT2D eigenvalue weighted by molar-refractivity contribution is 7.99. The van der Waals surface area contributed by atoms with E-state index in [1.54, 1.807) is 16.7 Å². The smallest absolute Gasteiger partial charge is 0.295 e. The Morgan fingerprint density at radius 2 is 2.05 bits per heavy atom. The average molecular weight is 277 g/mol. The molecule has 2 aromatic rings. The standard InChI is InChI=1S/C13H15N3O2S/c1-3-8-16-12(18)14-15-13(16)19-11-6-4-10(5-7-11)9(2)17/h4-7H,3,8H2,1-2H3,(H,14,18). The Morgan fingerprint density at radius 3 is 2.63 bits per heavy atom. The summed E-state index contributed by atoms with van der Waals surface area (Å²) in [5, 5.41) is 7.10. The zero-order valence-corrected chi connectivity index (χ0v) is 11.7. The molecule has 100 valence electrons. The van der Waals surface area contributed by atoms with Gasteiger partial charge in [-0.05, 0) is 37.2 Å². The highest BCUT2D eigenvalue weighted by atomic mass is 32.2. The summed E-state index contributed by atoms with van der Waals surface area (Å²) in [4.78, 5) is 23.7. The second kappa shape index (κ2) is 5.88. The molecule has 0 radical (unpaired) electrons. The van der Waals surface area contributed by atoms with Crippen molar-refractivity contribution in [2.24, 2.45) is 0 Å². The molecular weight excluding hydrogens is 262 g/mol. The molecule has 0 aliphatic heterocycles. The van der Waals surface area contributed by atoms with E-state index in [2.05, 4.69) is 10.2 Å². The highest BCUT2D eigenvalue weighted by Gasteiger charge is 2.09. The van der Waals surface area contributed by atoms with Gasteiger partial charge in [-0.15, -0.1) is 5.10 Å². The monoisotopic (exact) mass is 277 g/mol. The number of ketones is 1. The topological polar surface area (TPSA) is 67.8 Å². The van der Waals surface area contributed by atoms with E-state index in [0.29, 0.717) is 17.3 Å². The molecule has 0 fully saturated rings. The molecule has 1 aromatic heterocycles. The lowest BCUT2D eigenvalue weighted by molar-refractivity contribution is 0.101. The van der Waals surface area contributed by atoms with Crippen molar-refractivity contribution in [3.8, 4) is 0 Å². The number of carbonyl (C=O) groups excluding carboxylic acids is 1. The number of nitrogens with zero attached hydrogens (tertiary/aromatic N) is 2. The van der Waals surface area contributed by atoms with Gasteiger partial charge in [-0.25, -0.2) is 9.89 Å². The number of rotatable bonds is 5. The molecule has 0 saturated carbocycles. The number of benzene rings is 1. The van der Waals surface area contributed by atoms with Crippen molar-refractivity contribution in [3.05, 3.63) is 40.3 Å². The summed E-state index contributed by atoms with van der Waals surface area (Å²) in [6.45, 7) is 4.19. The molecule has 0 unspecified atom stereocenters. The van der Waals surface area contributed by atoms with Crippen LogP contribution in [0.15, 0.2) is 39.1 Å². The molecular formula is C13H15N3O2S. The van der Waals surface area contributed by atoms with E-state index < -0.39 is 0 Å². The number of hydrogen-bond acceptors (Lipinski definition) is 4. The molecule has 0 saturated heterocycles. The van der Waals surface area contributed by atoms with Crippen molar-refractivity contribution in [3.63, 3.8) is 0 Å². The minimum atomic E-state index is -0.190. The van der Waals surface area contributed by atoms with Gasteiger partial charge in [0.1, 0.15) is 0 Å². The van der Waals surface area contributed by atoms with Crippen LogP contribution in [0.3, 0.4) is 0 Å². The van der Waals surface area contributed by atoms with Gasteiger partial charge in [-0.3, -0.25) is 9.36 Å². The first-order chi connectivity index (χ1) is 9.11. The predicted molar refractivity (Wildman–Crippen MR) is 73.7 cm³/mol. The molecule has 0 bridgehead atoms. The van der Waals surface area contributed by atoms with Crippen LogP contribution in [-0.2, 0) is 6.54 Å². The molecule has 1 N–H and O–H groups in total. The molecule has 5 nitrogen and oxygen atoms in total. The summed E-state index contributed by atoms with van der Waals surface area (Å²) in [6.07, 6.45) is 0.871. The quantitative estimate of drug-likeness (QED) is 0.852. The van der Waals surface area contributed by atoms with Crippen molar-refractivity contribution < 1.29 is 4.79 Å². The SMILES string of the molecule is CCCn1c(Sc2ccc(C(C)=O)cc2)n[nH]c1=O. The van der Waals surface area contributed by atoms with E-state index in [-0.39, 0.29) is 11.5 Å². The summed E-state index contributed by atoms with van der Waals surface area (Å²) < 4.78 is 1.61. The van der Waals surface area contributed by atoms with Crippen LogP contribution in [0.4, 0.5) is 0 Å². The lowest BCUT2D eigenvalue weighted by Gasteiger charge is -2.04. The summed E-state index contributed by atoms with van der Waals surface area (Å²) in [7, 11) is 0. The Hall–Kier alpha value is -1.82. The Morgan fingerprint density at radius 1 is 1.37 bits per heavy atom. The summed E-state index contributed by atoms with van der Waals surface area (Å²) in [6, 6.07) is 7.27. The second-order valence-electron chi connectivity index (χ2n) is 4.15. The van der Waals surface area contributed by atoms with Crippen molar-refractivity contribution in [1.82, 2.24) is 14.8 Å². The molecule has 19 heavy (non-hydrogen) atoms. The summed E-state index contributed by atoms with van der Waals surface area (Å²) in [5.74, 6) is 0.0409. The number of Topliss-reactive ketones (excluding diaryl/α,β-unsaturated/α-hetero) is 1. The van der Waals surface area contributed by atoms with E-state index in [0.717, 1.165) is 11.3 Å². The van der Waals surface area contributed by atoms with Gasteiger partial charge in [0.25, 0.3) is 0 Å². The van der Waals surface area contributed by atoms with Gasteiger partial charge >= 0.3 is 5.69 Å². The number of hydrogen-bond donors (Lipinski definition) is 1. The molecule has 0 amide bonds. The van der Waals surface area contributed by atoms with Gasteiger partial charge in [0, 0.05) is 17.0 Å². The number of H-pyrrole nitrogens is 1. The molecule has 0 atom stereocenters. The zero-order valence-electron chi connectivity index (χ0n) is 10.8. The van der Waals surface area contributed by atoms with E-state index >= 15 is 0 Å². The fourth-order valence-electron chi connectivity index (χ4n) is 1.67. The van der Waals surface area contributed by atoms with Crippen LogP contribution in [0.2, 0.25) is 0 Å². The number of carbonyl (C=O) groups is 1. The van der Waals surface area contributed by atoms with Gasteiger partial charge in [0.15, 0.2) is 10.9 Å². The molecule has 1 aromatic carbocycles. The van der Waals surface area contributed by atoms with Gasteiger partial charge in [0.05, 0.1) is 0 Å². The number of nitrogens with one attached hydrogen (secondary N) is 1. The molecule has 1 heterocycles. The predicted octanol–water partition coefficient (Wildman–Crippen LogP) is 2.34. The second-order valence-corrected chi connectivity index (χ2v) is 5.19. The Kier molecular flexibility index (Phi) is 4.21. The van der Waals surface area contributed by atoms with Crippen LogP contribution < -0.4 is 5.69 Å². The Balaban J connectivity index is 2.21. The Bertz CT molecular complexity index is 628. The van der Waals surface area contributed by atoms with E-state index in [4.69, 9.17) is 0 Å². The zero-order chi connectivity index (χ0) is 13.8. The highest BCUT2D eigenvalue weighted by Crippen LogP contribution is 2.25. The normalized spacial score (nSPS) is 10.6. The molecule has 2 rings (SSSR count). The van der Waals surface area contributed by atoms with Crippen LogP contribution in [0.1, 0.15) is 30.6 Å². The van der Waals surface area contributed by atoms with Crippen LogP contribution in [0.25, 0.3) is 0 Å². The molecule has 0 spiro atoms. The average Bonchev–Trinajstić information content (AvgIpc) is 2.73. The lowest BCUT2D eigenvalue weighted by atomic mass is 10.2. The fraction of sp³-hybridized carbons (Fsp3) is 0.308. The lowest BCUT2D eigenvalue weighted by Crippen LogP contribution is -2.17. The van der Waals surface area contributed by atoms with Crippen molar-refractivity contribution in [2.75, 3.05) is 0 Å². The van der Waals surface area contributed by atoms with Crippen LogP contribution in [-0.4, -0.2) is 20.5 Å². The third-order valence-corrected chi connectivity index (χ3v) is 3.64. The number of aromatic amines is 1. The molecule has 0 aliphatic rings. The fourth-order valence-corrected chi connectivity index (χ4v) is 2.52. The van der Waals surface area contributed by atoms with Gasteiger partial charge in [-0.2, -0.15) is 0 Å². The largest absolute Gasteiger partial charge is 0.343 e. The minimum absolute atomic E-state index is 0.0409. The summed E-state index contributed by atoms with van der Waals surface area (Å²) >= 11 is 1.40. The maximum Gasteiger partial charge on any atom is 0.343 e. The maximum absolute atomic E-state index is 11.6. The van der Waals surface area contributed by atoms with Crippen molar-refractivity contribution >= 4 is 17.5 Å². The van der Waals surface area contributed by atoms with Crippen molar-refractivity contribution in [2.45, 2.75) is 36.9 Å². The van der Waals surface area contributed by atoms with Gasteiger partial charge < -0.3 is 0 Å². The van der Waals surface area contributed by atoms with Crippen molar-refractivity contribution in [1.29, 1.82) is 0 Å². The first-order valence-corrected chi connectivity index (χ1v) is 6.87. The van der Waals surface area contributed by atoms with Gasteiger partial charge in [0.2, 0.25) is 0 Å². The van der Waals surface area contributed by atoms with Crippen LogP contribution in [0.5, 0.6) is 0 Å². The first-order valence-electron chi connectivity index (χ1n) is 6.06. The Labute approximate surface area is 115 Å². The maximum atomic E-state index is 11.6. The van der Waals surface area contributed by atoms with Gasteiger partial charge in [-0.1, -0.05) is 19.1 Å². The van der Waals surface area contributed by atoms with E-state index in [9.17, 15) is 9.59 Å². The third kappa shape index (κ3) is 3.14. The van der Waals surface area contributed by atoms with E-state index in [1.807, 2.05) is 19.1 Å². The van der Waals surface area contributed by atoms with Crippen LogP contribution in [0, 0.1) is 0 Å². The summed E-state index contributed by atoms with van der Waals surface area (Å²) in [5.41, 5.74) is 0.488. The third-order valence-electron chi connectivity index (χ3n) is 2.64. The molecule has 0 aliphatic carbocycles. The minimum Gasteiger partial charge on any atom is -0.295 e. The molecule has 6 heteroatoms. The van der Waals surface area contributed by atoms with Crippen LogP contribution >= 0.6 is 11.8 Å².